The summed E-state index contributed by atoms with van der Waals surface area (Å²) in [6.45, 7) is 0. The Bertz CT molecular complexity index is 328. The van der Waals surface area contributed by atoms with E-state index in [1.165, 1.54) is 57.8 Å². The van der Waals surface area contributed by atoms with E-state index in [9.17, 15) is 4.79 Å². The maximum Gasteiger partial charge on any atom is 0.142 e. The zero-order valence-corrected chi connectivity index (χ0v) is 9.43. The average molecular weight is 204 g/mol. The molecule has 1 nitrogen and oxygen atoms in total. The van der Waals surface area contributed by atoms with Crippen molar-refractivity contribution in [3.05, 3.63) is 0 Å². The molecule has 4 fully saturated rings. The molecule has 4 aliphatic carbocycles. The first-order valence-electron chi connectivity index (χ1n) is 6.79. The van der Waals surface area contributed by atoms with Gasteiger partial charge in [0.2, 0.25) is 0 Å². The van der Waals surface area contributed by atoms with Crippen LogP contribution in [-0.2, 0) is 4.79 Å². The van der Waals surface area contributed by atoms with Crippen molar-refractivity contribution in [1.29, 1.82) is 0 Å². The van der Waals surface area contributed by atoms with E-state index in [-0.39, 0.29) is 5.41 Å². The van der Waals surface area contributed by atoms with Gasteiger partial charge < -0.3 is 0 Å². The summed E-state index contributed by atoms with van der Waals surface area (Å²) < 4.78 is 0. The number of fused-ring (bicyclic) bond motifs is 1. The van der Waals surface area contributed by atoms with Crippen LogP contribution in [-0.4, -0.2) is 5.78 Å². The van der Waals surface area contributed by atoms with Gasteiger partial charge in [0, 0.05) is 11.3 Å². The minimum absolute atomic E-state index is 0.205. The molecular weight excluding hydrogens is 184 g/mol. The Morgan fingerprint density at radius 2 is 1.87 bits per heavy atom. The second kappa shape index (κ2) is 2.49. The van der Waals surface area contributed by atoms with Gasteiger partial charge in [-0.1, -0.05) is 6.42 Å². The van der Waals surface area contributed by atoms with Crippen LogP contribution >= 0.6 is 0 Å². The topological polar surface area (TPSA) is 17.1 Å². The molecule has 4 rings (SSSR count). The Morgan fingerprint density at radius 1 is 1.00 bits per heavy atom. The highest BCUT2D eigenvalue weighted by Gasteiger charge is 2.61. The number of ketones is 1. The molecule has 4 aliphatic rings. The second-order valence-electron chi connectivity index (χ2n) is 6.75. The van der Waals surface area contributed by atoms with Gasteiger partial charge in [0.25, 0.3) is 0 Å². The molecule has 82 valence electrons. The Morgan fingerprint density at radius 3 is 2.67 bits per heavy atom. The van der Waals surface area contributed by atoms with Crippen molar-refractivity contribution in [2.75, 3.05) is 0 Å². The van der Waals surface area contributed by atoms with Crippen LogP contribution in [0.1, 0.15) is 57.8 Å². The predicted molar refractivity (Wildman–Crippen MR) is 58.4 cm³/mol. The third-order valence-electron chi connectivity index (χ3n) is 6.07. The summed E-state index contributed by atoms with van der Waals surface area (Å²) in [4.78, 5) is 12.5. The van der Waals surface area contributed by atoms with E-state index >= 15 is 0 Å². The van der Waals surface area contributed by atoms with Crippen LogP contribution in [0.2, 0.25) is 0 Å². The molecule has 2 spiro atoms. The molecule has 2 bridgehead atoms. The van der Waals surface area contributed by atoms with Crippen LogP contribution < -0.4 is 0 Å². The van der Waals surface area contributed by atoms with Gasteiger partial charge in [0.05, 0.1) is 0 Å². The van der Waals surface area contributed by atoms with Crippen molar-refractivity contribution in [2.24, 2.45) is 22.7 Å². The summed E-state index contributed by atoms with van der Waals surface area (Å²) in [5.41, 5.74) is 0.869. The first kappa shape index (κ1) is 8.78. The number of hydrogen-bond acceptors (Lipinski definition) is 1. The molecule has 4 saturated carbocycles. The lowest BCUT2D eigenvalue weighted by Crippen LogP contribution is -2.30. The maximum atomic E-state index is 12.5. The highest BCUT2D eigenvalue weighted by molar-refractivity contribution is 5.90. The van der Waals surface area contributed by atoms with Crippen molar-refractivity contribution in [1.82, 2.24) is 0 Å². The lowest BCUT2D eigenvalue weighted by molar-refractivity contribution is -0.130. The van der Waals surface area contributed by atoms with Gasteiger partial charge in [-0.05, 0) is 62.7 Å². The van der Waals surface area contributed by atoms with E-state index in [4.69, 9.17) is 0 Å². The van der Waals surface area contributed by atoms with Gasteiger partial charge in [0.15, 0.2) is 0 Å². The van der Waals surface area contributed by atoms with Gasteiger partial charge in [0.1, 0.15) is 5.78 Å². The Labute approximate surface area is 91.6 Å². The van der Waals surface area contributed by atoms with E-state index in [0.29, 0.717) is 17.1 Å². The largest absolute Gasteiger partial charge is 0.299 e. The number of carbonyl (C=O) groups excluding carboxylic acids is 1. The van der Waals surface area contributed by atoms with Crippen molar-refractivity contribution >= 4 is 5.78 Å². The Balaban J connectivity index is 1.79. The lowest BCUT2D eigenvalue weighted by atomic mass is 9.73. The second-order valence-corrected chi connectivity index (χ2v) is 6.75. The van der Waals surface area contributed by atoms with Gasteiger partial charge in [-0.25, -0.2) is 0 Å². The SMILES string of the molecule is O=C1C2CCC13CCCC3CC1(CC1)C2. The van der Waals surface area contributed by atoms with Gasteiger partial charge in [-0.2, -0.15) is 0 Å². The molecule has 3 unspecified atom stereocenters. The van der Waals surface area contributed by atoms with Crippen LogP contribution in [0.15, 0.2) is 0 Å². The average Bonchev–Trinajstić information content (AvgIpc) is 2.79. The van der Waals surface area contributed by atoms with E-state index in [2.05, 4.69) is 0 Å². The first-order chi connectivity index (χ1) is 7.24. The lowest BCUT2D eigenvalue weighted by Gasteiger charge is -2.30. The third kappa shape index (κ3) is 0.976. The molecule has 0 amide bonds. The first-order valence-corrected chi connectivity index (χ1v) is 6.79. The van der Waals surface area contributed by atoms with E-state index in [1.54, 1.807) is 0 Å². The van der Waals surface area contributed by atoms with Gasteiger partial charge in [-0.3, -0.25) is 4.79 Å². The predicted octanol–water partition coefficient (Wildman–Crippen LogP) is 3.33. The number of rotatable bonds is 0. The van der Waals surface area contributed by atoms with Crippen LogP contribution in [0.3, 0.4) is 0 Å². The normalized spacial score (nSPS) is 50.5. The minimum atomic E-state index is 0.205. The van der Waals surface area contributed by atoms with Crippen molar-refractivity contribution in [3.63, 3.8) is 0 Å². The molecule has 0 aromatic heterocycles. The van der Waals surface area contributed by atoms with Crippen LogP contribution in [0.25, 0.3) is 0 Å². The van der Waals surface area contributed by atoms with Gasteiger partial charge in [-0.15, -0.1) is 0 Å². The molecule has 0 radical (unpaired) electrons. The zero-order valence-electron chi connectivity index (χ0n) is 9.43. The Hall–Kier alpha value is -0.330. The van der Waals surface area contributed by atoms with Crippen molar-refractivity contribution in [2.45, 2.75) is 57.8 Å². The van der Waals surface area contributed by atoms with Crippen molar-refractivity contribution < 1.29 is 4.79 Å². The van der Waals surface area contributed by atoms with E-state index in [0.717, 1.165) is 5.92 Å². The molecule has 0 aromatic rings. The molecule has 0 saturated heterocycles. The highest BCUT2D eigenvalue weighted by Crippen LogP contribution is 2.67. The quantitative estimate of drug-likeness (QED) is 0.591. The van der Waals surface area contributed by atoms with Crippen LogP contribution in [0.4, 0.5) is 0 Å². The molecule has 0 N–H and O–H groups in total. The molecule has 15 heavy (non-hydrogen) atoms. The summed E-state index contributed by atoms with van der Waals surface area (Å²) >= 11 is 0. The number of carbonyl (C=O) groups is 1. The van der Waals surface area contributed by atoms with E-state index < -0.39 is 0 Å². The van der Waals surface area contributed by atoms with Crippen LogP contribution in [0.5, 0.6) is 0 Å². The Kier molecular flexibility index (Phi) is 1.46. The monoisotopic (exact) mass is 204 g/mol. The molecule has 3 atom stereocenters. The van der Waals surface area contributed by atoms with E-state index in [1.807, 2.05) is 0 Å². The molecule has 0 heterocycles. The minimum Gasteiger partial charge on any atom is -0.299 e. The summed E-state index contributed by atoms with van der Waals surface area (Å²) in [6, 6.07) is 0. The molecular formula is C14H20O. The summed E-state index contributed by atoms with van der Waals surface area (Å²) in [7, 11) is 0. The standard InChI is InChI=1S/C14H20O/c15-12-10-3-5-14(12)4-1-2-11(14)9-13(8-10)6-7-13/h10-11H,1-9H2. The highest BCUT2D eigenvalue weighted by atomic mass is 16.1. The molecule has 0 aliphatic heterocycles. The smallest absolute Gasteiger partial charge is 0.142 e. The van der Waals surface area contributed by atoms with Crippen molar-refractivity contribution in [3.8, 4) is 0 Å². The molecule has 0 aromatic carbocycles. The molecule has 1 heteroatoms. The maximum absolute atomic E-state index is 12.5. The fraction of sp³-hybridized carbons (Fsp3) is 0.929. The fourth-order valence-corrected chi connectivity index (χ4v) is 5.10. The van der Waals surface area contributed by atoms with Crippen LogP contribution in [0, 0.1) is 22.7 Å². The van der Waals surface area contributed by atoms with Gasteiger partial charge >= 0.3 is 0 Å². The number of Topliss-reactive ketones (excluding diaryl/α,β-unsaturated/α-hetero) is 1. The summed E-state index contributed by atoms with van der Waals surface area (Å²) in [6.07, 6.45) is 12.0. The number of hydrogen-bond donors (Lipinski definition) is 0. The summed E-state index contributed by atoms with van der Waals surface area (Å²) in [5.74, 6) is 1.98. The third-order valence-corrected chi connectivity index (χ3v) is 6.07. The summed E-state index contributed by atoms with van der Waals surface area (Å²) in [5, 5.41) is 0. The fourth-order valence-electron chi connectivity index (χ4n) is 5.10. The zero-order chi connectivity index (χ0) is 10.1.